The maximum absolute atomic E-state index is 12.9. The van der Waals surface area contributed by atoms with Crippen LogP contribution < -0.4 is 5.32 Å². The molecule has 1 N–H and O–H groups in total. The van der Waals surface area contributed by atoms with Crippen molar-refractivity contribution in [2.75, 3.05) is 0 Å². The van der Waals surface area contributed by atoms with Gasteiger partial charge < -0.3 is 9.84 Å². The van der Waals surface area contributed by atoms with Gasteiger partial charge in [0.2, 0.25) is 0 Å². The van der Waals surface area contributed by atoms with Crippen LogP contribution in [0.15, 0.2) is 40.4 Å². The van der Waals surface area contributed by atoms with E-state index in [1.165, 1.54) is 0 Å². The Bertz CT molecular complexity index is 1090. The molecular formula is C19H19N5O2S. The number of nitrogens with zero attached hydrogens (tertiary/aromatic N) is 4. The molecule has 8 heteroatoms. The monoisotopic (exact) mass is 381 g/mol. The number of pyridine rings is 1. The summed E-state index contributed by atoms with van der Waals surface area (Å²) in [6.45, 7) is 6.20. The first-order valence-electron chi connectivity index (χ1n) is 8.65. The van der Waals surface area contributed by atoms with Gasteiger partial charge in [-0.05, 0) is 38.3 Å². The van der Waals surface area contributed by atoms with Crippen LogP contribution in [0.3, 0.4) is 0 Å². The van der Waals surface area contributed by atoms with E-state index in [9.17, 15) is 4.79 Å². The van der Waals surface area contributed by atoms with Gasteiger partial charge in [0.25, 0.3) is 5.91 Å². The van der Waals surface area contributed by atoms with Crippen molar-refractivity contribution in [3.63, 3.8) is 0 Å². The van der Waals surface area contributed by atoms with Crippen molar-refractivity contribution in [3.05, 3.63) is 52.9 Å². The van der Waals surface area contributed by atoms with Gasteiger partial charge >= 0.3 is 0 Å². The molecule has 4 aromatic heterocycles. The molecule has 0 aliphatic heterocycles. The highest BCUT2D eigenvalue weighted by Crippen LogP contribution is 2.28. The predicted molar refractivity (Wildman–Crippen MR) is 104 cm³/mol. The highest BCUT2D eigenvalue weighted by atomic mass is 32.1. The first-order chi connectivity index (χ1) is 13.0. The summed E-state index contributed by atoms with van der Waals surface area (Å²) in [5.74, 6) is 0.521. The van der Waals surface area contributed by atoms with Crippen molar-refractivity contribution in [2.24, 2.45) is 0 Å². The highest BCUT2D eigenvalue weighted by Gasteiger charge is 2.19. The van der Waals surface area contributed by atoms with E-state index < -0.39 is 0 Å². The molecule has 27 heavy (non-hydrogen) atoms. The van der Waals surface area contributed by atoms with E-state index in [0.717, 1.165) is 16.0 Å². The number of aryl methyl sites for hydroxylation is 1. The summed E-state index contributed by atoms with van der Waals surface area (Å²) < 4.78 is 6.88. The SMILES string of the molecule is Cc1cc(CNC(=O)c2cc(-c3cccs3)nc3c2cnn3C(C)C)no1. The van der Waals surface area contributed by atoms with Gasteiger partial charge in [0.15, 0.2) is 5.65 Å². The van der Waals surface area contributed by atoms with E-state index in [1.54, 1.807) is 23.6 Å². The minimum atomic E-state index is -0.191. The van der Waals surface area contributed by atoms with Gasteiger partial charge in [-0.15, -0.1) is 11.3 Å². The molecule has 0 saturated heterocycles. The maximum atomic E-state index is 12.9. The molecule has 0 bridgehead atoms. The van der Waals surface area contributed by atoms with Crippen LogP contribution >= 0.6 is 11.3 Å². The minimum absolute atomic E-state index is 0.141. The smallest absolute Gasteiger partial charge is 0.252 e. The quantitative estimate of drug-likeness (QED) is 0.565. The molecule has 7 nitrogen and oxygen atoms in total. The number of nitrogens with one attached hydrogen (secondary N) is 1. The summed E-state index contributed by atoms with van der Waals surface area (Å²) in [4.78, 5) is 18.7. The normalized spacial score (nSPS) is 11.4. The van der Waals surface area contributed by atoms with Gasteiger partial charge in [-0.2, -0.15) is 5.10 Å². The summed E-state index contributed by atoms with van der Waals surface area (Å²) in [5, 5.41) is 14.0. The number of amides is 1. The van der Waals surface area contributed by atoms with Crippen LogP contribution in [0.4, 0.5) is 0 Å². The molecule has 4 aromatic rings. The Labute approximate surface area is 160 Å². The summed E-state index contributed by atoms with van der Waals surface area (Å²) >= 11 is 1.59. The molecular weight excluding hydrogens is 362 g/mol. The fourth-order valence-corrected chi connectivity index (χ4v) is 3.59. The van der Waals surface area contributed by atoms with Crippen LogP contribution in [0.1, 0.15) is 41.7 Å². The van der Waals surface area contributed by atoms with E-state index in [4.69, 9.17) is 9.51 Å². The third-order valence-corrected chi connectivity index (χ3v) is 5.07. The Hall–Kier alpha value is -3.00. The van der Waals surface area contributed by atoms with Crippen molar-refractivity contribution in [2.45, 2.75) is 33.4 Å². The zero-order chi connectivity index (χ0) is 19.0. The predicted octanol–water partition coefficient (Wildman–Crippen LogP) is 3.97. The number of carbonyl (C=O) groups is 1. The van der Waals surface area contributed by atoms with E-state index in [-0.39, 0.29) is 11.9 Å². The minimum Gasteiger partial charge on any atom is -0.361 e. The lowest BCUT2D eigenvalue weighted by Crippen LogP contribution is -2.23. The second-order valence-electron chi connectivity index (χ2n) is 6.56. The largest absolute Gasteiger partial charge is 0.361 e. The maximum Gasteiger partial charge on any atom is 0.252 e. The lowest BCUT2D eigenvalue weighted by molar-refractivity contribution is 0.0951. The van der Waals surface area contributed by atoms with Crippen LogP contribution in [-0.4, -0.2) is 25.8 Å². The van der Waals surface area contributed by atoms with Crippen molar-refractivity contribution < 1.29 is 9.32 Å². The van der Waals surface area contributed by atoms with Crippen LogP contribution in [0.2, 0.25) is 0 Å². The molecule has 0 spiro atoms. The Morgan fingerprint density at radius 2 is 2.22 bits per heavy atom. The van der Waals surface area contributed by atoms with Crippen molar-refractivity contribution in [1.29, 1.82) is 0 Å². The third kappa shape index (κ3) is 3.35. The van der Waals surface area contributed by atoms with E-state index >= 15 is 0 Å². The Kier molecular flexibility index (Phi) is 4.49. The van der Waals surface area contributed by atoms with Gasteiger partial charge in [-0.1, -0.05) is 11.2 Å². The lowest BCUT2D eigenvalue weighted by Gasteiger charge is -2.10. The van der Waals surface area contributed by atoms with E-state index in [0.29, 0.717) is 29.2 Å². The van der Waals surface area contributed by atoms with Gasteiger partial charge in [0.05, 0.1) is 34.3 Å². The molecule has 138 valence electrons. The number of hydrogen-bond donors (Lipinski definition) is 1. The lowest BCUT2D eigenvalue weighted by atomic mass is 10.1. The number of rotatable bonds is 5. The second-order valence-corrected chi connectivity index (χ2v) is 7.51. The number of fused-ring (bicyclic) bond motifs is 1. The molecule has 4 rings (SSSR count). The second kappa shape index (κ2) is 6.96. The molecule has 0 saturated carbocycles. The zero-order valence-electron chi connectivity index (χ0n) is 15.3. The third-order valence-electron chi connectivity index (χ3n) is 4.18. The highest BCUT2D eigenvalue weighted by molar-refractivity contribution is 7.13. The summed E-state index contributed by atoms with van der Waals surface area (Å²) in [6.07, 6.45) is 1.70. The zero-order valence-corrected chi connectivity index (χ0v) is 16.1. The van der Waals surface area contributed by atoms with Gasteiger partial charge in [0, 0.05) is 12.1 Å². The Morgan fingerprint density at radius 3 is 2.89 bits per heavy atom. The number of carbonyl (C=O) groups excluding carboxylic acids is 1. The molecule has 0 radical (unpaired) electrons. The number of hydrogen-bond acceptors (Lipinski definition) is 6. The molecule has 0 fully saturated rings. The standard InChI is InChI=1S/C19H19N5O2S/c1-11(2)24-18-15(10-21-24)14(8-16(22-18)17-5-4-6-27-17)19(25)20-9-13-7-12(3)26-23-13/h4-8,10-11H,9H2,1-3H3,(H,20,25). The molecule has 0 aliphatic carbocycles. The van der Waals surface area contributed by atoms with Crippen molar-refractivity contribution >= 4 is 28.3 Å². The number of thiophene rings is 1. The van der Waals surface area contributed by atoms with Crippen LogP contribution in [0, 0.1) is 6.92 Å². The number of aromatic nitrogens is 4. The van der Waals surface area contributed by atoms with E-state index in [1.807, 2.05) is 49.0 Å². The molecule has 0 unspecified atom stereocenters. The van der Waals surface area contributed by atoms with Crippen LogP contribution in [-0.2, 0) is 6.54 Å². The fraction of sp³-hybridized carbons (Fsp3) is 0.263. The van der Waals surface area contributed by atoms with Crippen molar-refractivity contribution in [3.8, 4) is 10.6 Å². The van der Waals surface area contributed by atoms with E-state index in [2.05, 4.69) is 15.6 Å². The summed E-state index contributed by atoms with van der Waals surface area (Å²) in [7, 11) is 0. The summed E-state index contributed by atoms with van der Waals surface area (Å²) in [6, 6.07) is 7.73. The molecule has 0 atom stereocenters. The molecule has 0 aliphatic rings. The first kappa shape index (κ1) is 17.4. The van der Waals surface area contributed by atoms with Crippen molar-refractivity contribution in [1.82, 2.24) is 25.2 Å². The van der Waals surface area contributed by atoms with Gasteiger partial charge in [-0.25, -0.2) is 9.67 Å². The molecule has 4 heterocycles. The average molecular weight is 381 g/mol. The topological polar surface area (TPSA) is 85.8 Å². The fourth-order valence-electron chi connectivity index (χ4n) is 2.90. The average Bonchev–Trinajstić information content (AvgIpc) is 3.38. The summed E-state index contributed by atoms with van der Waals surface area (Å²) in [5.41, 5.74) is 2.71. The van der Waals surface area contributed by atoms with Crippen LogP contribution in [0.5, 0.6) is 0 Å². The van der Waals surface area contributed by atoms with Gasteiger partial charge in [0.1, 0.15) is 11.5 Å². The first-order valence-corrected chi connectivity index (χ1v) is 9.53. The van der Waals surface area contributed by atoms with Gasteiger partial charge in [-0.3, -0.25) is 4.79 Å². The Morgan fingerprint density at radius 1 is 1.37 bits per heavy atom. The van der Waals surface area contributed by atoms with Crippen LogP contribution in [0.25, 0.3) is 21.6 Å². The molecule has 0 aromatic carbocycles. The molecule has 1 amide bonds. The Balaban J connectivity index is 1.74.